The number of hydrogen-bond acceptors (Lipinski definition) is 5. The number of fused-ring (bicyclic) bond motifs is 1. The molecule has 3 fully saturated rings. The third-order valence-corrected chi connectivity index (χ3v) is 7.75. The summed E-state index contributed by atoms with van der Waals surface area (Å²) in [4.78, 5) is 10.8. The van der Waals surface area contributed by atoms with Gasteiger partial charge in [0.05, 0.1) is 0 Å². The van der Waals surface area contributed by atoms with Crippen LogP contribution in [0.15, 0.2) is 12.4 Å². The highest BCUT2D eigenvalue weighted by Crippen LogP contribution is 2.35. The average Bonchev–Trinajstić information content (AvgIpc) is 3.03. The van der Waals surface area contributed by atoms with Crippen LogP contribution in [0.5, 0.6) is 0 Å². The molecule has 0 aromatic carbocycles. The zero-order chi connectivity index (χ0) is 17.4. The minimum absolute atomic E-state index is 0.400. The molecule has 0 bridgehead atoms. The van der Waals surface area contributed by atoms with Crippen LogP contribution in [0.2, 0.25) is 0 Å². The Morgan fingerprint density at radius 2 is 1.56 bits per heavy atom. The fourth-order valence-electron chi connectivity index (χ4n) is 4.37. The van der Waals surface area contributed by atoms with Gasteiger partial charge in [-0.1, -0.05) is 12.8 Å². The smallest absolute Gasteiger partial charge is 0.281 e. The van der Waals surface area contributed by atoms with E-state index in [0.717, 1.165) is 50.3 Å². The Kier molecular flexibility index (Phi) is 4.68. The van der Waals surface area contributed by atoms with Gasteiger partial charge in [0.25, 0.3) is 10.2 Å². The molecule has 138 valence electrons. The van der Waals surface area contributed by atoms with Crippen molar-refractivity contribution in [3.05, 3.63) is 18.1 Å². The summed E-state index contributed by atoms with van der Waals surface area (Å²) in [6.07, 6.45) is 5.87. The van der Waals surface area contributed by atoms with Crippen LogP contribution in [-0.2, 0) is 10.2 Å². The number of aromatic nitrogens is 2. The lowest BCUT2D eigenvalue weighted by molar-refractivity contribution is 0.359. The van der Waals surface area contributed by atoms with Crippen LogP contribution >= 0.6 is 0 Å². The van der Waals surface area contributed by atoms with E-state index in [1.165, 1.54) is 0 Å². The van der Waals surface area contributed by atoms with Crippen LogP contribution in [0.4, 0.5) is 5.82 Å². The van der Waals surface area contributed by atoms with Gasteiger partial charge in [-0.05, 0) is 31.6 Å². The number of hydrogen-bond donors (Lipinski definition) is 0. The Hall–Kier alpha value is -1.25. The van der Waals surface area contributed by atoms with E-state index < -0.39 is 10.2 Å². The summed E-state index contributed by atoms with van der Waals surface area (Å²) in [5.41, 5.74) is 0.965. The normalized spacial score (nSPS) is 28.9. The lowest BCUT2D eigenvalue weighted by Crippen LogP contribution is -2.44. The standard InChI is InChI=1S/C17H27N5O2S/c1-14-8-17(19-13-18-14)20-9-15-11-22(12-16(15)10-20)25(23,24)21-6-4-2-3-5-7-21/h8,13,15-16H,2-7,9-12H2,1H3. The first kappa shape index (κ1) is 17.2. The highest BCUT2D eigenvalue weighted by Gasteiger charge is 2.45. The first-order valence-electron chi connectivity index (χ1n) is 9.33. The van der Waals surface area contributed by atoms with Crippen LogP contribution in [0.1, 0.15) is 31.4 Å². The first-order valence-corrected chi connectivity index (χ1v) is 10.7. The maximum Gasteiger partial charge on any atom is 0.281 e. The minimum Gasteiger partial charge on any atom is -0.356 e. The molecule has 2 unspecified atom stereocenters. The molecule has 7 nitrogen and oxygen atoms in total. The summed E-state index contributed by atoms with van der Waals surface area (Å²) in [6.45, 7) is 6.38. The van der Waals surface area contributed by atoms with Crippen molar-refractivity contribution in [1.82, 2.24) is 18.6 Å². The molecule has 8 heteroatoms. The van der Waals surface area contributed by atoms with E-state index in [2.05, 4.69) is 14.9 Å². The molecule has 0 N–H and O–H groups in total. The molecule has 3 saturated heterocycles. The second kappa shape index (κ2) is 6.81. The molecule has 3 aliphatic rings. The zero-order valence-electron chi connectivity index (χ0n) is 14.8. The van der Waals surface area contributed by atoms with E-state index in [9.17, 15) is 8.42 Å². The van der Waals surface area contributed by atoms with Crippen molar-refractivity contribution in [3.8, 4) is 0 Å². The summed E-state index contributed by atoms with van der Waals surface area (Å²) in [5, 5.41) is 0. The molecule has 1 aromatic heterocycles. The van der Waals surface area contributed by atoms with Crippen LogP contribution in [0.25, 0.3) is 0 Å². The van der Waals surface area contributed by atoms with Crippen LogP contribution in [0.3, 0.4) is 0 Å². The SMILES string of the molecule is Cc1cc(N2CC3CN(S(=O)(=O)N4CCCCCC4)CC3C2)ncn1. The maximum absolute atomic E-state index is 13.0. The summed E-state index contributed by atoms with van der Waals surface area (Å²) in [6, 6.07) is 2.01. The van der Waals surface area contributed by atoms with Crippen molar-refractivity contribution in [1.29, 1.82) is 0 Å². The molecule has 4 heterocycles. The van der Waals surface area contributed by atoms with Gasteiger partial charge in [0.2, 0.25) is 0 Å². The molecule has 0 saturated carbocycles. The maximum atomic E-state index is 13.0. The summed E-state index contributed by atoms with van der Waals surface area (Å²) >= 11 is 0. The Labute approximate surface area is 150 Å². The minimum atomic E-state index is -3.29. The van der Waals surface area contributed by atoms with Gasteiger partial charge in [-0.3, -0.25) is 0 Å². The van der Waals surface area contributed by atoms with Crippen LogP contribution in [-0.4, -0.2) is 66.3 Å². The molecule has 3 aliphatic heterocycles. The summed E-state index contributed by atoms with van der Waals surface area (Å²) < 4.78 is 29.4. The van der Waals surface area contributed by atoms with Crippen molar-refractivity contribution in [2.75, 3.05) is 44.2 Å². The van der Waals surface area contributed by atoms with Gasteiger partial charge >= 0.3 is 0 Å². The third-order valence-electron chi connectivity index (χ3n) is 5.78. The lowest BCUT2D eigenvalue weighted by Gasteiger charge is -2.27. The van der Waals surface area contributed by atoms with E-state index in [4.69, 9.17) is 0 Å². The van der Waals surface area contributed by atoms with Crippen molar-refractivity contribution in [3.63, 3.8) is 0 Å². The quantitative estimate of drug-likeness (QED) is 0.807. The zero-order valence-corrected chi connectivity index (χ0v) is 15.7. The monoisotopic (exact) mass is 365 g/mol. The van der Waals surface area contributed by atoms with Crippen LogP contribution in [0, 0.1) is 18.8 Å². The van der Waals surface area contributed by atoms with E-state index in [-0.39, 0.29) is 0 Å². The molecule has 2 atom stereocenters. The largest absolute Gasteiger partial charge is 0.356 e. The fraction of sp³-hybridized carbons (Fsp3) is 0.765. The number of nitrogens with zero attached hydrogens (tertiary/aromatic N) is 5. The van der Waals surface area contributed by atoms with Gasteiger partial charge in [0.15, 0.2) is 0 Å². The molecule has 0 spiro atoms. The van der Waals surface area contributed by atoms with E-state index >= 15 is 0 Å². The molecule has 0 aliphatic carbocycles. The number of rotatable bonds is 3. The molecular weight excluding hydrogens is 338 g/mol. The number of aryl methyl sites for hydroxylation is 1. The molecule has 0 radical (unpaired) electrons. The molecule has 4 rings (SSSR count). The molecule has 25 heavy (non-hydrogen) atoms. The summed E-state index contributed by atoms with van der Waals surface area (Å²) in [5.74, 6) is 1.76. The predicted molar refractivity (Wildman–Crippen MR) is 96.5 cm³/mol. The van der Waals surface area contributed by atoms with E-state index in [0.29, 0.717) is 38.0 Å². The van der Waals surface area contributed by atoms with Crippen molar-refractivity contribution in [2.45, 2.75) is 32.6 Å². The molecular formula is C17H27N5O2S. The highest BCUT2D eigenvalue weighted by molar-refractivity contribution is 7.86. The molecule has 0 amide bonds. The summed E-state index contributed by atoms with van der Waals surface area (Å²) in [7, 11) is -3.29. The predicted octanol–water partition coefficient (Wildman–Crippen LogP) is 1.27. The average molecular weight is 366 g/mol. The van der Waals surface area contributed by atoms with E-state index in [1.807, 2.05) is 13.0 Å². The first-order chi connectivity index (χ1) is 12.0. The Balaban J connectivity index is 1.42. The Morgan fingerprint density at radius 1 is 0.920 bits per heavy atom. The topological polar surface area (TPSA) is 69.6 Å². The highest BCUT2D eigenvalue weighted by atomic mass is 32.2. The number of anilines is 1. The lowest BCUT2D eigenvalue weighted by atomic mass is 10.0. The van der Waals surface area contributed by atoms with Crippen molar-refractivity contribution < 1.29 is 8.42 Å². The Morgan fingerprint density at radius 3 is 2.16 bits per heavy atom. The van der Waals surface area contributed by atoms with Gasteiger partial charge in [-0.2, -0.15) is 17.0 Å². The van der Waals surface area contributed by atoms with E-state index in [1.54, 1.807) is 14.9 Å². The second-order valence-corrected chi connectivity index (χ2v) is 9.51. The van der Waals surface area contributed by atoms with Crippen molar-refractivity contribution in [2.24, 2.45) is 11.8 Å². The van der Waals surface area contributed by atoms with Crippen LogP contribution < -0.4 is 4.90 Å². The molecule has 1 aromatic rings. The van der Waals surface area contributed by atoms with Gasteiger partial charge in [0.1, 0.15) is 12.1 Å². The Bertz CT molecular complexity index is 704. The van der Waals surface area contributed by atoms with Crippen molar-refractivity contribution >= 4 is 16.0 Å². The van der Waals surface area contributed by atoms with Gasteiger partial charge in [0, 0.05) is 51.0 Å². The second-order valence-electron chi connectivity index (χ2n) is 7.58. The van der Waals surface area contributed by atoms with Gasteiger partial charge < -0.3 is 4.90 Å². The fourth-order valence-corrected chi connectivity index (χ4v) is 6.18. The van der Waals surface area contributed by atoms with Gasteiger partial charge in [-0.25, -0.2) is 9.97 Å². The van der Waals surface area contributed by atoms with Gasteiger partial charge in [-0.15, -0.1) is 0 Å². The third kappa shape index (κ3) is 3.39.